The molecule has 0 aliphatic heterocycles. The van der Waals surface area contributed by atoms with E-state index in [0.717, 1.165) is 0 Å². The Morgan fingerprint density at radius 3 is 2.67 bits per heavy atom. The van der Waals surface area contributed by atoms with Crippen LogP contribution in [0.3, 0.4) is 0 Å². The second kappa shape index (κ2) is 4.33. The van der Waals surface area contributed by atoms with Crippen LogP contribution >= 0.6 is 11.3 Å². The lowest BCUT2D eigenvalue weighted by atomic mass is 9.95. The summed E-state index contributed by atoms with van der Waals surface area (Å²) in [6.07, 6.45) is 0. The van der Waals surface area contributed by atoms with E-state index in [1.165, 1.54) is 15.6 Å². The van der Waals surface area contributed by atoms with Crippen LogP contribution in [0.2, 0.25) is 0 Å². The van der Waals surface area contributed by atoms with Crippen LogP contribution in [0.25, 0.3) is 10.1 Å². The van der Waals surface area contributed by atoms with Gasteiger partial charge in [0.05, 0.1) is 0 Å². The van der Waals surface area contributed by atoms with E-state index in [2.05, 4.69) is 48.8 Å². The monoisotopic (exact) mass is 219 g/mol. The van der Waals surface area contributed by atoms with Gasteiger partial charge in [0, 0.05) is 10.7 Å². The van der Waals surface area contributed by atoms with Gasteiger partial charge in [-0.15, -0.1) is 11.3 Å². The number of hydrogen-bond donors (Lipinski definition) is 1. The average molecular weight is 219 g/mol. The van der Waals surface area contributed by atoms with Gasteiger partial charge in [-0.3, -0.25) is 0 Å². The molecule has 2 heteroatoms. The van der Waals surface area contributed by atoms with Gasteiger partial charge in [-0.25, -0.2) is 0 Å². The van der Waals surface area contributed by atoms with E-state index in [1.807, 2.05) is 18.4 Å². The zero-order chi connectivity index (χ0) is 10.8. The van der Waals surface area contributed by atoms with E-state index in [1.54, 1.807) is 0 Å². The number of rotatable bonds is 3. The van der Waals surface area contributed by atoms with Crippen LogP contribution in [0, 0.1) is 5.92 Å². The lowest BCUT2D eigenvalue weighted by Crippen LogP contribution is -2.21. The molecular weight excluding hydrogens is 202 g/mol. The fraction of sp³-hybridized carbons (Fsp3) is 0.385. The van der Waals surface area contributed by atoms with E-state index in [0.29, 0.717) is 12.0 Å². The molecule has 0 bridgehead atoms. The third kappa shape index (κ3) is 1.92. The number of fused-ring (bicyclic) bond motifs is 1. The molecule has 2 aromatic rings. The van der Waals surface area contributed by atoms with E-state index >= 15 is 0 Å². The van der Waals surface area contributed by atoms with Crippen LogP contribution in [0.4, 0.5) is 0 Å². The molecule has 2 rings (SSSR count). The molecule has 0 fully saturated rings. The zero-order valence-electron chi connectivity index (χ0n) is 9.45. The van der Waals surface area contributed by atoms with Crippen molar-refractivity contribution >= 4 is 21.4 Å². The number of nitrogens with one attached hydrogen (secondary N) is 1. The summed E-state index contributed by atoms with van der Waals surface area (Å²) in [5.41, 5.74) is 1.43. The maximum absolute atomic E-state index is 3.41. The van der Waals surface area contributed by atoms with Gasteiger partial charge in [0.15, 0.2) is 0 Å². The van der Waals surface area contributed by atoms with Crippen LogP contribution in [0.15, 0.2) is 29.6 Å². The minimum Gasteiger partial charge on any atom is -0.313 e. The first kappa shape index (κ1) is 10.7. The van der Waals surface area contributed by atoms with Crippen LogP contribution in [0.5, 0.6) is 0 Å². The molecule has 0 amide bonds. The largest absolute Gasteiger partial charge is 0.313 e. The average Bonchev–Trinajstić information content (AvgIpc) is 2.66. The van der Waals surface area contributed by atoms with Gasteiger partial charge < -0.3 is 5.32 Å². The Morgan fingerprint density at radius 2 is 2.00 bits per heavy atom. The molecule has 0 radical (unpaired) electrons. The topological polar surface area (TPSA) is 12.0 Å². The van der Waals surface area contributed by atoms with Crippen LogP contribution in [-0.2, 0) is 0 Å². The van der Waals surface area contributed by atoms with Crippen molar-refractivity contribution < 1.29 is 0 Å². The Labute approximate surface area is 95.1 Å². The normalized spacial score (nSPS) is 13.6. The number of thiophene rings is 1. The highest BCUT2D eigenvalue weighted by molar-refractivity contribution is 7.17. The first-order valence-electron chi connectivity index (χ1n) is 5.37. The van der Waals surface area contributed by atoms with Crippen molar-refractivity contribution in [1.82, 2.24) is 5.32 Å². The van der Waals surface area contributed by atoms with E-state index in [4.69, 9.17) is 0 Å². The Morgan fingerprint density at radius 1 is 1.20 bits per heavy atom. The lowest BCUT2D eigenvalue weighted by Gasteiger charge is -2.21. The molecule has 1 nitrogen and oxygen atoms in total. The van der Waals surface area contributed by atoms with Gasteiger partial charge in [-0.2, -0.15) is 0 Å². The van der Waals surface area contributed by atoms with Crippen molar-refractivity contribution in [3.8, 4) is 0 Å². The van der Waals surface area contributed by atoms with Crippen molar-refractivity contribution in [2.24, 2.45) is 5.92 Å². The highest BCUT2D eigenvalue weighted by Gasteiger charge is 2.16. The highest BCUT2D eigenvalue weighted by Crippen LogP contribution is 2.31. The van der Waals surface area contributed by atoms with Crippen molar-refractivity contribution in [3.05, 3.63) is 35.2 Å². The third-order valence-corrected chi connectivity index (χ3v) is 3.80. The molecule has 1 N–H and O–H groups in total. The molecule has 0 saturated carbocycles. The van der Waals surface area contributed by atoms with Gasteiger partial charge >= 0.3 is 0 Å². The van der Waals surface area contributed by atoms with Gasteiger partial charge in [0.25, 0.3) is 0 Å². The van der Waals surface area contributed by atoms with Crippen molar-refractivity contribution in [1.29, 1.82) is 0 Å². The van der Waals surface area contributed by atoms with Gasteiger partial charge in [0.1, 0.15) is 0 Å². The lowest BCUT2D eigenvalue weighted by molar-refractivity contribution is 0.446. The fourth-order valence-corrected chi connectivity index (χ4v) is 3.06. The third-order valence-electron chi connectivity index (χ3n) is 2.82. The smallest absolute Gasteiger partial charge is 0.0390 e. The van der Waals surface area contributed by atoms with Crippen LogP contribution < -0.4 is 5.32 Å². The molecule has 1 unspecified atom stereocenters. The maximum atomic E-state index is 3.41. The molecule has 1 atom stereocenters. The minimum atomic E-state index is 0.451. The Balaban J connectivity index is 2.54. The second-order valence-electron chi connectivity index (χ2n) is 4.20. The molecular formula is C13H17NS. The summed E-state index contributed by atoms with van der Waals surface area (Å²) < 4.78 is 1.42. The molecule has 15 heavy (non-hydrogen) atoms. The van der Waals surface area contributed by atoms with Gasteiger partial charge in [-0.1, -0.05) is 32.0 Å². The Hall–Kier alpha value is -0.860. The molecule has 80 valence electrons. The summed E-state index contributed by atoms with van der Waals surface area (Å²) in [6, 6.07) is 9.21. The summed E-state index contributed by atoms with van der Waals surface area (Å²) in [6.45, 7) is 4.52. The molecule has 0 aliphatic carbocycles. The predicted molar refractivity (Wildman–Crippen MR) is 68.5 cm³/mol. The SMILES string of the molecule is CNC(c1cccc2ccsc12)C(C)C. The maximum Gasteiger partial charge on any atom is 0.0390 e. The first-order valence-corrected chi connectivity index (χ1v) is 6.25. The van der Waals surface area contributed by atoms with Crippen LogP contribution in [0.1, 0.15) is 25.5 Å². The van der Waals surface area contributed by atoms with Crippen molar-refractivity contribution in [2.45, 2.75) is 19.9 Å². The molecule has 1 aromatic heterocycles. The van der Waals surface area contributed by atoms with E-state index in [-0.39, 0.29) is 0 Å². The van der Waals surface area contributed by atoms with Crippen LogP contribution in [-0.4, -0.2) is 7.05 Å². The van der Waals surface area contributed by atoms with Gasteiger partial charge in [0.2, 0.25) is 0 Å². The number of benzene rings is 1. The molecule has 0 spiro atoms. The number of hydrogen-bond acceptors (Lipinski definition) is 2. The summed E-state index contributed by atoms with van der Waals surface area (Å²) in [5.74, 6) is 0.614. The predicted octanol–water partition coefficient (Wildman–Crippen LogP) is 3.82. The van der Waals surface area contributed by atoms with E-state index < -0.39 is 0 Å². The Bertz CT molecular complexity index is 444. The summed E-state index contributed by atoms with van der Waals surface area (Å²) in [7, 11) is 2.04. The second-order valence-corrected chi connectivity index (χ2v) is 5.11. The van der Waals surface area contributed by atoms with Gasteiger partial charge in [-0.05, 0) is 35.4 Å². The van der Waals surface area contributed by atoms with Crippen molar-refractivity contribution in [2.75, 3.05) is 7.05 Å². The minimum absolute atomic E-state index is 0.451. The molecule has 0 aliphatic rings. The standard InChI is InChI=1S/C13H17NS/c1-9(2)12(14-3)11-6-4-5-10-7-8-15-13(10)11/h4-9,12,14H,1-3H3. The Kier molecular flexibility index (Phi) is 3.08. The van der Waals surface area contributed by atoms with E-state index in [9.17, 15) is 0 Å². The summed E-state index contributed by atoms with van der Waals surface area (Å²) in [5, 5.41) is 6.93. The fourth-order valence-electron chi connectivity index (χ4n) is 2.11. The molecule has 0 saturated heterocycles. The quantitative estimate of drug-likeness (QED) is 0.827. The van der Waals surface area contributed by atoms with Crippen molar-refractivity contribution in [3.63, 3.8) is 0 Å². The summed E-state index contributed by atoms with van der Waals surface area (Å²) >= 11 is 1.84. The molecule has 1 aromatic carbocycles. The summed E-state index contributed by atoms with van der Waals surface area (Å²) in [4.78, 5) is 0. The highest BCUT2D eigenvalue weighted by atomic mass is 32.1. The zero-order valence-corrected chi connectivity index (χ0v) is 10.3. The first-order chi connectivity index (χ1) is 7.24. The molecule has 1 heterocycles.